The molecule has 3 rings (SSSR count). The molecule has 0 fully saturated rings. The topological polar surface area (TPSA) is 75.2 Å². The molecule has 0 aliphatic carbocycles. The molecule has 0 N–H and O–H groups in total. The summed E-state index contributed by atoms with van der Waals surface area (Å²) in [5, 5.41) is 8.97. The van der Waals surface area contributed by atoms with Gasteiger partial charge in [0.15, 0.2) is 9.84 Å². The van der Waals surface area contributed by atoms with Gasteiger partial charge in [-0.25, -0.2) is 13.4 Å². The molecular weight excluding hydrogens is 286 g/mol. The van der Waals surface area contributed by atoms with Crippen LogP contribution in [0.4, 0.5) is 0 Å². The number of benzene rings is 1. The predicted octanol–water partition coefficient (Wildman–Crippen LogP) is 2.28. The van der Waals surface area contributed by atoms with Crippen LogP contribution in [0, 0.1) is 11.3 Å². The van der Waals surface area contributed by atoms with Crippen LogP contribution in [0.15, 0.2) is 53.7 Å². The molecular formula is C15H11N3O2S. The average molecular weight is 297 g/mol. The second-order valence-corrected chi connectivity index (χ2v) is 6.71. The van der Waals surface area contributed by atoms with E-state index in [2.05, 4.69) is 11.1 Å². The Bertz CT molecular complexity index is 964. The van der Waals surface area contributed by atoms with Crippen molar-refractivity contribution < 1.29 is 8.42 Å². The number of hydrogen-bond acceptors (Lipinski definition) is 4. The summed E-state index contributed by atoms with van der Waals surface area (Å²) >= 11 is 0. The van der Waals surface area contributed by atoms with Crippen molar-refractivity contribution in [3.8, 4) is 17.3 Å². The Labute approximate surface area is 122 Å². The molecule has 6 heteroatoms. The number of nitriles is 1. The van der Waals surface area contributed by atoms with Crippen LogP contribution in [-0.2, 0) is 9.84 Å². The molecule has 1 aromatic carbocycles. The van der Waals surface area contributed by atoms with Crippen molar-refractivity contribution in [1.29, 1.82) is 5.26 Å². The van der Waals surface area contributed by atoms with E-state index in [0.29, 0.717) is 5.56 Å². The minimum absolute atomic E-state index is 0.276. The van der Waals surface area contributed by atoms with E-state index in [4.69, 9.17) is 5.26 Å². The summed E-state index contributed by atoms with van der Waals surface area (Å²) in [5.41, 5.74) is 2.91. The second kappa shape index (κ2) is 4.72. The van der Waals surface area contributed by atoms with E-state index in [-0.39, 0.29) is 4.90 Å². The summed E-state index contributed by atoms with van der Waals surface area (Å²) in [6.07, 6.45) is 4.59. The van der Waals surface area contributed by atoms with Gasteiger partial charge < -0.3 is 0 Å². The van der Waals surface area contributed by atoms with Gasteiger partial charge >= 0.3 is 0 Å². The smallest absolute Gasteiger partial charge is 0.175 e. The largest absolute Gasteiger partial charge is 0.298 e. The second-order valence-electron chi connectivity index (χ2n) is 4.70. The molecule has 0 saturated carbocycles. The third kappa shape index (κ3) is 2.39. The molecule has 0 amide bonds. The van der Waals surface area contributed by atoms with Crippen molar-refractivity contribution in [2.24, 2.45) is 0 Å². The lowest BCUT2D eigenvalue weighted by atomic mass is 10.2. The summed E-state index contributed by atoms with van der Waals surface area (Å²) in [6, 6.07) is 12.2. The van der Waals surface area contributed by atoms with Crippen molar-refractivity contribution in [2.45, 2.75) is 4.90 Å². The SMILES string of the molecule is CS(=O)(=O)c1ccc(-c2cnc3ccc(C#N)cn23)cc1. The van der Waals surface area contributed by atoms with Gasteiger partial charge in [-0.05, 0) is 24.3 Å². The molecule has 0 radical (unpaired) electrons. The fraction of sp³-hybridized carbons (Fsp3) is 0.0667. The Balaban J connectivity index is 2.15. The molecule has 104 valence electrons. The van der Waals surface area contributed by atoms with E-state index < -0.39 is 9.84 Å². The highest BCUT2D eigenvalue weighted by molar-refractivity contribution is 7.90. The zero-order valence-electron chi connectivity index (χ0n) is 11.2. The Kier molecular flexibility index (Phi) is 3.00. The van der Waals surface area contributed by atoms with Crippen LogP contribution in [-0.4, -0.2) is 24.1 Å². The Hall–Kier alpha value is -2.65. The highest BCUT2D eigenvalue weighted by Crippen LogP contribution is 2.23. The van der Waals surface area contributed by atoms with Crippen LogP contribution < -0.4 is 0 Å². The van der Waals surface area contributed by atoms with Crippen molar-refractivity contribution in [3.63, 3.8) is 0 Å². The zero-order valence-corrected chi connectivity index (χ0v) is 12.0. The third-order valence-corrected chi connectivity index (χ3v) is 4.34. The lowest BCUT2D eigenvalue weighted by molar-refractivity contribution is 0.602. The van der Waals surface area contributed by atoms with Gasteiger partial charge in [-0.2, -0.15) is 5.26 Å². The lowest BCUT2D eigenvalue weighted by Gasteiger charge is -2.04. The number of fused-ring (bicyclic) bond motifs is 1. The highest BCUT2D eigenvalue weighted by atomic mass is 32.2. The van der Waals surface area contributed by atoms with E-state index in [1.54, 1.807) is 48.8 Å². The van der Waals surface area contributed by atoms with Gasteiger partial charge in [0, 0.05) is 18.0 Å². The summed E-state index contributed by atoms with van der Waals surface area (Å²) in [5.74, 6) is 0. The first-order valence-corrected chi connectivity index (χ1v) is 8.06. The standard InChI is InChI=1S/C15H11N3O2S/c1-21(19,20)13-5-3-12(4-6-13)14-9-17-15-7-2-11(8-16)10-18(14)15/h2-7,9-10H,1H3. The maximum Gasteiger partial charge on any atom is 0.175 e. The number of imidazole rings is 1. The van der Waals surface area contributed by atoms with Crippen molar-refractivity contribution in [3.05, 3.63) is 54.4 Å². The first kappa shape index (κ1) is 13.3. The fourth-order valence-corrected chi connectivity index (χ4v) is 2.76. The molecule has 0 spiro atoms. The minimum Gasteiger partial charge on any atom is -0.298 e. The van der Waals surface area contributed by atoms with Crippen LogP contribution >= 0.6 is 0 Å². The number of rotatable bonds is 2. The monoisotopic (exact) mass is 297 g/mol. The first-order chi connectivity index (χ1) is 9.99. The van der Waals surface area contributed by atoms with Crippen LogP contribution in [0.2, 0.25) is 0 Å². The maximum absolute atomic E-state index is 11.5. The van der Waals surface area contributed by atoms with Crippen LogP contribution in [0.25, 0.3) is 16.9 Å². The van der Waals surface area contributed by atoms with Gasteiger partial charge in [-0.1, -0.05) is 12.1 Å². The number of pyridine rings is 1. The number of hydrogen-bond donors (Lipinski definition) is 0. The molecule has 0 aliphatic heterocycles. The number of aromatic nitrogens is 2. The summed E-state index contributed by atoms with van der Waals surface area (Å²) in [6.45, 7) is 0. The quantitative estimate of drug-likeness (QED) is 0.727. The van der Waals surface area contributed by atoms with Gasteiger partial charge in [-0.15, -0.1) is 0 Å². The molecule has 0 aliphatic rings. The van der Waals surface area contributed by atoms with Gasteiger partial charge in [0.25, 0.3) is 0 Å². The van der Waals surface area contributed by atoms with E-state index in [1.807, 2.05) is 4.40 Å². The Morgan fingerprint density at radius 3 is 2.48 bits per heavy atom. The molecule has 0 saturated heterocycles. The van der Waals surface area contributed by atoms with Crippen molar-refractivity contribution in [2.75, 3.05) is 6.26 Å². The Morgan fingerprint density at radius 1 is 1.14 bits per heavy atom. The lowest BCUT2D eigenvalue weighted by Crippen LogP contribution is -1.96. The molecule has 0 atom stereocenters. The van der Waals surface area contributed by atoms with Gasteiger partial charge in [0.2, 0.25) is 0 Å². The number of sulfone groups is 1. The first-order valence-electron chi connectivity index (χ1n) is 6.17. The Morgan fingerprint density at radius 2 is 1.86 bits per heavy atom. The molecule has 0 unspecified atom stereocenters. The predicted molar refractivity (Wildman–Crippen MR) is 78.5 cm³/mol. The summed E-state index contributed by atoms with van der Waals surface area (Å²) in [4.78, 5) is 4.55. The third-order valence-electron chi connectivity index (χ3n) is 3.21. The average Bonchev–Trinajstić information content (AvgIpc) is 2.89. The molecule has 5 nitrogen and oxygen atoms in total. The molecule has 2 heterocycles. The molecule has 3 aromatic rings. The van der Waals surface area contributed by atoms with Gasteiger partial charge in [0.1, 0.15) is 11.7 Å². The molecule has 21 heavy (non-hydrogen) atoms. The normalized spacial score (nSPS) is 11.4. The fourth-order valence-electron chi connectivity index (χ4n) is 2.13. The van der Waals surface area contributed by atoms with E-state index in [1.165, 1.54) is 6.26 Å². The van der Waals surface area contributed by atoms with Crippen LogP contribution in [0.5, 0.6) is 0 Å². The highest BCUT2D eigenvalue weighted by Gasteiger charge is 2.10. The summed E-state index contributed by atoms with van der Waals surface area (Å²) < 4.78 is 24.8. The van der Waals surface area contributed by atoms with Crippen LogP contribution in [0.3, 0.4) is 0 Å². The number of nitrogens with zero attached hydrogens (tertiary/aromatic N) is 3. The zero-order chi connectivity index (χ0) is 15.0. The maximum atomic E-state index is 11.5. The van der Waals surface area contributed by atoms with Gasteiger partial charge in [0.05, 0.1) is 22.3 Å². The van der Waals surface area contributed by atoms with E-state index in [0.717, 1.165) is 16.9 Å². The van der Waals surface area contributed by atoms with Crippen molar-refractivity contribution in [1.82, 2.24) is 9.38 Å². The van der Waals surface area contributed by atoms with Gasteiger partial charge in [-0.3, -0.25) is 4.40 Å². The minimum atomic E-state index is -3.21. The summed E-state index contributed by atoms with van der Waals surface area (Å²) in [7, 11) is -3.21. The van der Waals surface area contributed by atoms with Crippen LogP contribution in [0.1, 0.15) is 5.56 Å². The molecule has 0 bridgehead atoms. The van der Waals surface area contributed by atoms with E-state index >= 15 is 0 Å². The van der Waals surface area contributed by atoms with E-state index in [9.17, 15) is 8.42 Å². The van der Waals surface area contributed by atoms with Crippen molar-refractivity contribution >= 4 is 15.5 Å². The molecule has 2 aromatic heterocycles.